The third-order valence-electron chi connectivity index (χ3n) is 7.71. The van der Waals surface area contributed by atoms with Gasteiger partial charge in [0.25, 0.3) is 0 Å². The van der Waals surface area contributed by atoms with Gasteiger partial charge in [0.05, 0.1) is 0 Å². The van der Waals surface area contributed by atoms with Gasteiger partial charge in [-0.25, -0.2) is 14.6 Å². The van der Waals surface area contributed by atoms with Crippen molar-refractivity contribution >= 4 is 28.8 Å². The number of carbonyl (C=O) groups is 3. The van der Waals surface area contributed by atoms with Crippen molar-refractivity contribution in [2.24, 2.45) is 18.9 Å². The molecule has 10 nitrogen and oxygen atoms in total. The fourth-order valence-corrected chi connectivity index (χ4v) is 5.54. The molecule has 40 heavy (non-hydrogen) atoms. The van der Waals surface area contributed by atoms with Crippen molar-refractivity contribution in [3.05, 3.63) is 53.4 Å². The number of carboxylic acids is 1. The third-order valence-corrected chi connectivity index (χ3v) is 7.71. The second-order valence-electron chi connectivity index (χ2n) is 11.6. The molecule has 0 radical (unpaired) electrons. The van der Waals surface area contributed by atoms with E-state index in [-0.39, 0.29) is 41.2 Å². The van der Waals surface area contributed by atoms with Crippen LogP contribution < -0.4 is 16.0 Å². The van der Waals surface area contributed by atoms with E-state index >= 15 is 0 Å². The Labute approximate surface area is 234 Å². The molecule has 1 fully saturated rings. The van der Waals surface area contributed by atoms with E-state index in [2.05, 4.69) is 27.9 Å². The molecule has 4 rings (SSSR count). The van der Waals surface area contributed by atoms with Gasteiger partial charge in [-0.15, -0.1) is 0 Å². The average Bonchev–Trinajstić information content (AvgIpc) is 3.44. The summed E-state index contributed by atoms with van der Waals surface area (Å²) in [5.41, 5.74) is 1.80. The van der Waals surface area contributed by atoms with Gasteiger partial charge in [-0.05, 0) is 62.5 Å². The molecule has 4 N–H and O–H groups in total. The molecular formula is C30H41N5O5. The van der Waals surface area contributed by atoms with E-state index in [0.29, 0.717) is 18.8 Å². The molecule has 10 heteroatoms. The Bertz CT molecular complexity index is 1350. The van der Waals surface area contributed by atoms with Gasteiger partial charge >= 0.3 is 12.0 Å². The Morgan fingerprint density at radius 2 is 1.82 bits per heavy atom. The van der Waals surface area contributed by atoms with Crippen molar-refractivity contribution in [3.8, 4) is 0 Å². The lowest BCUT2D eigenvalue weighted by molar-refractivity contribution is -0.124. The highest BCUT2D eigenvalue weighted by Gasteiger charge is 2.30. The number of aromatic nitrogens is 2. The van der Waals surface area contributed by atoms with E-state index in [1.165, 1.54) is 6.92 Å². The van der Waals surface area contributed by atoms with E-state index in [1.807, 2.05) is 55.9 Å². The summed E-state index contributed by atoms with van der Waals surface area (Å²) in [5.74, 6) is -0.488. The van der Waals surface area contributed by atoms with E-state index < -0.39 is 18.1 Å². The number of carboxylic acid groups (broad SMARTS) is 1. The molecule has 0 saturated heterocycles. The summed E-state index contributed by atoms with van der Waals surface area (Å²) in [4.78, 5) is 42.5. The maximum atomic E-state index is 13.7. The number of nitrogens with zero attached hydrogens (tertiary/aromatic N) is 2. The Hall–Kier alpha value is -3.82. The molecule has 2 atom stereocenters. The molecule has 3 amide bonds. The first-order valence-electron chi connectivity index (χ1n) is 14.1. The van der Waals surface area contributed by atoms with E-state index in [0.717, 1.165) is 42.1 Å². The molecule has 2 aromatic heterocycles. The number of oxazole rings is 1. The van der Waals surface area contributed by atoms with Crippen molar-refractivity contribution in [3.63, 3.8) is 0 Å². The highest BCUT2D eigenvalue weighted by Crippen LogP contribution is 2.27. The van der Waals surface area contributed by atoms with Crippen molar-refractivity contribution < 1.29 is 23.9 Å². The lowest BCUT2D eigenvalue weighted by atomic mass is 9.87. The van der Waals surface area contributed by atoms with Gasteiger partial charge in [-0.2, -0.15) is 0 Å². The summed E-state index contributed by atoms with van der Waals surface area (Å²) in [5, 5.41) is 19.5. The number of aryl methyl sites for hydroxylation is 2. The zero-order chi connectivity index (χ0) is 29.0. The predicted octanol–water partition coefficient (Wildman–Crippen LogP) is 4.87. The van der Waals surface area contributed by atoms with Crippen LogP contribution in [0.15, 0.2) is 34.9 Å². The SMILES string of the molecule is Cc1oc([C@@H](Cc2cn(C)c3ccccc23)NC(=O)C(CC(C)C)NC(=O)NC2CCC(C)CC2)nc1C(=O)O. The van der Waals surface area contributed by atoms with Crippen LogP contribution in [0.3, 0.4) is 0 Å². The number of para-hydroxylation sites is 1. The number of amides is 3. The number of carbonyl (C=O) groups excluding carboxylic acids is 2. The van der Waals surface area contributed by atoms with Crippen LogP contribution in [-0.4, -0.2) is 44.6 Å². The molecule has 0 spiro atoms. The summed E-state index contributed by atoms with van der Waals surface area (Å²) in [6.45, 7) is 7.75. The first-order valence-corrected chi connectivity index (χ1v) is 14.1. The first-order chi connectivity index (χ1) is 19.0. The van der Waals surface area contributed by atoms with Crippen LogP contribution in [0.25, 0.3) is 10.9 Å². The van der Waals surface area contributed by atoms with Crippen molar-refractivity contribution in [2.45, 2.75) is 84.3 Å². The minimum absolute atomic E-state index is 0.0998. The molecule has 1 aliphatic rings. The van der Waals surface area contributed by atoms with Crippen LogP contribution in [0, 0.1) is 18.8 Å². The highest BCUT2D eigenvalue weighted by atomic mass is 16.4. The summed E-state index contributed by atoms with van der Waals surface area (Å²) in [6.07, 6.45) is 6.76. The maximum absolute atomic E-state index is 13.7. The minimum atomic E-state index is -1.20. The lowest BCUT2D eigenvalue weighted by Gasteiger charge is -2.28. The van der Waals surface area contributed by atoms with Crippen LogP contribution in [-0.2, 0) is 18.3 Å². The van der Waals surface area contributed by atoms with E-state index in [1.54, 1.807) is 0 Å². The first kappa shape index (κ1) is 29.2. The third kappa shape index (κ3) is 7.03. The second kappa shape index (κ2) is 12.6. The second-order valence-corrected chi connectivity index (χ2v) is 11.6. The smallest absolute Gasteiger partial charge is 0.358 e. The molecule has 0 bridgehead atoms. The van der Waals surface area contributed by atoms with Crippen molar-refractivity contribution in [2.75, 3.05) is 0 Å². The molecule has 0 aliphatic heterocycles. The summed E-state index contributed by atoms with van der Waals surface area (Å²) >= 11 is 0. The summed E-state index contributed by atoms with van der Waals surface area (Å²) in [6, 6.07) is 6.14. The van der Waals surface area contributed by atoms with Gasteiger partial charge < -0.3 is 30.0 Å². The summed E-state index contributed by atoms with van der Waals surface area (Å²) < 4.78 is 7.77. The van der Waals surface area contributed by atoms with Crippen molar-refractivity contribution in [1.29, 1.82) is 0 Å². The average molecular weight is 552 g/mol. The van der Waals surface area contributed by atoms with Crippen LogP contribution >= 0.6 is 0 Å². The topological polar surface area (TPSA) is 138 Å². The molecule has 216 valence electrons. The fourth-order valence-electron chi connectivity index (χ4n) is 5.54. The molecule has 1 aromatic carbocycles. The van der Waals surface area contributed by atoms with Crippen LogP contribution in [0.1, 0.15) is 86.6 Å². The Morgan fingerprint density at radius 1 is 1.12 bits per heavy atom. The van der Waals surface area contributed by atoms with E-state index in [9.17, 15) is 19.5 Å². The lowest BCUT2D eigenvalue weighted by Crippen LogP contribution is -2.53. The quantitative estimate of drug-likeness (QED) is 0.284. The number of rotatable bonds is 10. The zero-order valence-electron chi connectivity index (χ0n) is 24.0. The Morgan fingerprint density at radius 3 is 2.48 bits per heavy atom. The van der Waals surface area contributed by atoms with E-state index in [4.69, 9.17) is 4.42 Å². The fraction of sp³-hybridized carbons (Fsp3) is 0.533. The van der Waals surface area contributed by atoms with Crippen LogP contribution in [0.4, 0.5) is 4.79 Å². The van der Waals surface area contributed by atoms with Gasteiger partial charge in [-0.3, -0.25) is 4.79 Å². The molecule has 1 unspecified atom stereocenters. The summed E-state index contributed by atoms with van der Waals surface area (Å²) in [7, 11) is 1.95. The highest BCUT2D eigenvalue weighted by molar-refractivity contribution is 5.88. The van der Waals surface area contributed by atoms with Gasteiger partial charge in [0.2, 0.25) is 11.8 Å². The monoisotopic (exact) mass is 551 g/mol. The van der Waals surface area contributed by atoms with Gasteiger partial charge in [0, 0.05) is 36.6 Å². The number of aromatic carboxylic acids is 1. The number of hydrogen-bond acceptors (Lipinski definition) is 5. The van der Waals surface area contributed by atoms with Gasteiger partial charge in [-0.1, -0.05) is 39.0 Å². The minimum Gasteiger partial charge on any atom is -0.476 e. The number of benzene rings is 1. The predicted molar refractivity (Wildman–Crippen MR) is 152 cm³/mol. The van der Waals surface area contributed by atoms with Crippen molar-refractivity contribution in [1.82, 2.24) is 25.5 Å². The standard InChI is InChI=1S/C30H41N5O5/c1-17(2)14-23(33-30(39)31-21-12-10-18(3)11-13-21)27(36)32-24(28-34-26(29(37)38)19(4)40-28)15-20-16-35(5)25-9-7-6-8-22(20)25/h6-9,16-18,21,23-24H,10-15H2,1-5H3,(H,32,36)(H,37,38)(H2,31,33,39)/t18?,21?,23?,24-/m1/s1. The van der Waals surface area contributed by atoms with Gasteiger partial charge in [0.15, 0.2) is 5.69 Å². The number of nitrogens with one attached hydrogen (secondary N) is 3. The van der Waals surface area contributed by atoms with Crippen LogP contribution in [0.2, 0.25) is 0 Å². The molecule has 1 aliphatic carbocycles. The largest absolute Gasteiger partial charge is 0.476 e. The Balaban J connectivity index is 1.56. The van der Waals surface area contributed by atoms with Gasteiger partial charge in [0.1, 0.15) is 17.8 Å². The maximum Gasteiger partial charge on any atom is 0.358 e. The molecular weight excluding hydrogens is 510 g/mol. The molecule has 2 heterocycles. The number of urea groups is 1. The van der Waals surface area contributed by atoms with Crippen LogP contribution in [0.5, 0.6) is 0 Å². The normalized spacial score (nSPS) is 18.9. The number of hydrogen-bond donors (Lipinski definition) is 4. The zero-order valence-corrected chi connectivity index (χ0v) is 24.0. The number of fused-ring (bicyclic) bond motifs is 1. The Kier molecular flexibility index (Phi) is 9.17. The molecule has 3 aromatic rings. The molecule has 1 saturated carbocycles.